The Balaban J connectivity index is 1.79. The van der Waals surface area contributed by atoms with E-state index in [1.807, 2.05) is 29.3 Å². The molecule has 0 aliphatic carbocycles. The molecule has 1 saturated heterocycles. The summed E-state index contributed by atoms with van der Waals surface area (Å²) < 4.78 is 0. The SMILES string of the molecule is CCC1(C(=O)O)CCN(CC(=O)NCc2cccs2)C1. The van der Waals surface area contributed by atoms with Crippen molar-refractivity contribution in [2.24, 2.45) is 5.41 Å². The number of nitrogens with zero attached hydrogens (tertiary/aromatic N) is 1. The van der Waals surface area contributed by atoms with Gasteiger partial charge in [-0.25, -0.2) is 0 Å². The summed E-state index contributed by atoms with van der Waals surface area (Å²) in [5.41, 5.74) is -0.673. The van der Waals surface area contributed by atoms with Crippen molar-refractivity contribution in [3.05, 3.63) is 22.4 Å². The molecule has 1 aromatic rings. The fourth-order valence-corrected chi connectivity index (χ4v) is 3.21. The zero-order valence-electron chi connectivity index (χ0n) is 11.6. The number of hydrogen-bond donors (Lipinski definition) is 2. The summed E-state index contributed by atoms with van der Waals surface area (Å²) in [5, 5.41) is 14.2. The normalized spacial score (nSPS) is 22.9. The van der Waals surface area contributed by atoms with Gasteiger partial charge in [0.15, 0.2) is 0 Å². The van der Waals surface area contributed by atoms with Gasteiger partial charge in [0.2, 0.25) is 5.91 Å². The van der Waals surface area contributed by atoms with Gasteiger partial charge in [-0.1, -0.05) is 13.0 Å². The van der Waals surface area contributed by atoms with Crippen LogP contribution in [0.2, 0.25) is 0 Å². The summed E-state index contributed by atoms with van der Waals surface area (Å²) in [6.07, 6.45) is 1.23. The number of amides is 1. The third-order valence-corrected chi connectivity index (χ3v) is 4.85. The molecule has 0 radical (unpaired) electrons. The fraction of sp³-hybridized carbons (Fsp3) is 0.571. The van der Waals surface area contributed by atoms with Gasteiger partial charge in [-0.2, -0.15) is 0 Å². The van der Waals surface area contributed by atoms with Gasteiger partial charge in [-0.3, -0.25) is 14.5 Å². The standard InChI is InChI=1S/C14H20N2O3S/c1-2-14(13(18)19)5-6-16(10-14)9-12(17)15-8-11-4-3-7-20-11/h3-4,7H,2,5-6,8-10H2,1H3,(H,15,17)(H,18,19). The predicted octanol–water partition coefficient (Wildman–Crippen LogP) is 1.55. The lowest BCUT2D eigenvalue weighted by atomic mass is 9.84. The second kappa shape index (κ2) is 6.37. The number of thiophene rings is 1. The molecule has 1 atom stereocenters. The molecule has 110 valence electrons. The van der Waals surface area contributed by atoms with Crippen LogP contribution >= 0.6 is 11.3 Å². The lowest BCUT2D eigenvalue weighted by Gasteiger charge is -2.22. The van der Waals surface area contributed by atoms with Crippen molar-refractivity contribution >= 4 is 23.2 Å². The van der Waals surface area contributed by atoms with Crippen LogP contribution in [0.15, 0.2) is 17.5 Å². The monoisotopic (exact) mass is 296 g/mol. The van der Waals surface area contributed by atoms with E-state index in [1.54, 1.807) is 11.3 Å². The van der Waals surface area contributed by atoms with E-state index in [4.69, 9.17) is 0 Å². The number of carbonyl (C=O) groups excluding carboxylic acids is 1. The maximum atomic E-state index is 11.9. The highest BCUT2D eigenvalue weighted by atomic mass is 32.1. The Hall–Kier alpha value is -1.40. The van der Waals surface area contributed by atoms with Gasteiger partial charge in [-0.15, -0.1) is 11.3 Å². The molecule has 1 aliphatic rings. The van der Waals surface area contributed by atoms with Crippen LogP contribution in [0.4, 0.5) is 0 Å². The number of rotatable bonds is 6. The molecule has 20 heavy (non-hydrogen) atoms. The predicted molar refractivity (Wildman–Crippen MR) is 77.6 cm³/mol. The molecule has 1 fully saturated rings. The topological polar surface area (TPSA) is 69.6 Å². The van der Waals surface area contributed by atoms with E-state index in [-0.39, 0.29) is 12.5 Å². The molecule has 6 heteroatoms. The number of likely N-dealkylation sites (tertiary alicyclic amines) is 1. The van der Waals surface area contributed by atoms with Gasteiger partial charge in [0, 0.05) is 11.4 Å². The van der Waals surface area contributed by atoms with Crippen LogP contribution in [0.25, 0.3) is 0 Å². The van der Waals surface area contributed by atoms with E-state index in [0.29, 0.717) is 32.5 Å². The van der Waals surface area contributed by atoms with Gasteiger partial charge in [-0.05, 0) is 30.8 Å². The minimum Gasteiger partial charge on any atom is -0.481 e. The van der Waals surface area contributed by atoms with Crippen molar-refractivity contribution in [2.45, 2.75) is 26.3 Å². The molecule has 1 unspecified atom stereocenters. The summed E-state index contributed by atoms with van der Waals surface area (Å²) >= 11 is 1.61. The van der Waals surface area contributed by atoms with Crippen molar-refractivity contribution in [3.63, 3.8) is 0 Å². The van der Waals surface area contributed by atoms with Crippen molar-refractivity contribution in [2.75, 3.05) is 19.6 Å². The molecule has 2 N–H and O–H groups in total. The Kier molecular flexibility index (Phi) is 4.77. The average Bonchev–Trinajstić information content (AvgIpc) is 3.06. The molecular weight excluding hydrogens is 276 g/mol. The van der Waals surface area contributed by atoms with Gasteiger partial charge in [0.1, 0.15) is 0 Å². The Bertz CT molecular complexity index is 475. The highest BCUT2D eigenvalue weighted by Gasteiger charge is 2.43. The number of carbonyl (C=O) groups is 2. The Labute approximate surface area is 122 Å². The minimum atomic E-state index is -0.749. The van der Waals surface area contributed by atoms with Crippen molar-refractivity contribution in [1.29, 1.82) is 0 Å². The number of hydrogen-bond acceptors (Lipinski definition) is 4. The van der Waals surface area contributed by atoms with Crippen LogP contribution in [-0.2, 0) is 16.1 Å². The van der Waals surface area contributed by atoms with Crippen LogP contribution < -0.4 is 5.32 Å². The van der Waals surface area contributed by atoms with Crippen LogP contribution in [0.1, 0.15) is 24.6 Å². The second-order valence-corrected chi connectivity index (χ2v) is 6.29. The average molecular weight is 296 g/mol. The smallest absolute Gasteiger partial charge is 0.310 e. The molecule has 1 amide bonds. The van der Waals surface area contributed by atoms with Gasteiger partial charge < -0.3 is 10.4 Å². The molecule has 1 aromatic heterocycles. The number of aliphatic carboxylic acids is 1. The zero-order chi connectivity index (χ0) is 14.6. The first-order chi connectivity index (χ1) is 9.55. The molecule has 2 rings (SSSR count). The Morgan fingerprint density at radius 1 is 1.55 bits per heavy atom. The summed E-state index contributed by atoms with van der Waals surface area (Å²) in [6, 6.07) is 3.93. The lowest BCUT2D eigenvalue weighted by Crippen LogP contribution is -2.39. The summed E-state index contributed by atoms with van der Waals surface area (Å²) in [7, 11) is 0. The summed E-state index contributed by atoms with van der Waals surface area (Å²) in [6.45, 7) is 3.86. The molecule has 0 saturated carbocycles. The van der Waals surface area contributed by atoms with E-state index < -0.39 is 11.4 Å². The van der Waals surface area contributed by atoms with Gasteiger partial charge in [0.25, 0.3) is 0 Å². The molecule has 0 bridgehead atoms. The molecule has 1 aliphatic heterocycles. The van der Waals surface area contributed by atoms with Crippen LogP contribution in [-0.4, -0.2) is 41.5 Å². The van der Waals surface area contributed by atoms with E-state index >= 15 is 0 Å². The number of nitrogens with one attached hydrogen (secondary N) is 1. The zero-order valence-corrected chi connectivity index (χ0v) is 12.4. The minimum absolute atomic E-state index is 0.0457. The maximum Gasteiger partial charge on any atom is 0.310 e. The van der Waals surface area contributed by atoms with Crippen LogP contribution in [0.5, 0.6) is 0 Å². The van der Waals surface area contributed by atoms with Crippen LogP contribution in [0, 0.1) is 5.41 Å². The molecule has 5 nitrogen and oxygen atoms in total. The van der Waals surface area contributed by atoms with E-state index in [9.17, 15) is 14.7 Å². The quantitative estimate of drug-likeness (QED) is 0.835. The Morgan fingerprint density at radius 2 is 2.35 bits per heavy atom. The van der Waals surface area contributed by atoms with Crippen LogP contribution in [0.3, 0.4) is 0 Å². The second-order valence-electron chi connectivity index (χ2n) is 5.26. The third kappa shape index (κ3) is 3.37. The lowest BCUT2D eigenvalue weighted by molar-refractivity contribution is -0.148. The maximum absolute atomic E-state index is 11.9. The van der Waals surface area contributed by atoms with E-state index in [2.05, 4.69) is 5.32 Å². The highest BCUT2D eigenvalue weighted by Crippen LogP contribution is 2.33. The molecule has 0 spiro atoms. The molecule has 0 aromatic carbocycles. The Morgan fingerprint density at radius 3 is 2.90 bits per heavy atom. The fourth-order valence-electron chi connectivity index (χ4n) is 2.57. The third-order valence-electron chi connectivity index (χ3n) is 3.97. The first kappa shape index (κ1) is 15.0. The largest absolute Gasteiger partial charge is 0.481 e. The number of carboxylic acid groups (broad SMARTS) is 1. The molecular formula is C14H20N2O3S. The highest BCUT2D eigenvalue weighted by molar-refractivity contribution is 7.09. The van der Waals surface area contributed by atoms with Crippen molar-refractivity contribution < 1.29 is 14.7 Å². The number of carboxylic acids is 1. The van der Waals surface area contributed by atoms with Crippen molar-refractivity contribution in [3.8, 4) is 0 Å². The first-order valence-corrected chi connectivity index (χ1v) is 7.68. The first-order valence-electron chi connectivity index (χ1n) is 6.80. The van der Waals surface area contributed by atoms with E-state index in [1.165, 1.54) is 0 Å². The summed E-state index contributed by atoms with van der Waals surface area (Å²) in [5.74, 6) is -0.794. The molecule has 2 heterocycles. The van der Waals surface area contributed by atoms with Gasteiger partial charge in [0.05, 0.1) is 18.5 Å². The van der Waals surface area contributed by atoms with Gasteiger partial charge >= 0.3 is 5.97 Å². The van der Waals surface area contributed by atoms with E-state index in [0.717, 1.165) is 4.88 Å². The van der Waals surface area contributed by atoms with Crippen molar-refractivity contribution in [1.82, 2.24) is 10.2 Å². The summed E-state index contributed by atoms with van der Waals surface area (Å²) in [4.78, 5) is 26.3.